The minimum Gasteiger partial charge on any atom is -0.493 e. The van der Waals surface area contributed by atoms with Crippen LogP contribution in [0.25, 0.3) is 4.85 Å². The largest absolute Gasteiger partial charge is 0.493 e. The molecule has 14 heavy (non-hydrogen) atoms. The first-order valence-electron chi connectivity index (χ1n) is 4.53. The van der Waals surface area contributed by atoms with E-state index in [2.05, 4.69) is 14.8 Å². The summed E-state index contributed by atoms with van der Waals surface area (Å²) in [7, 11) is 1.61. The number of aromatic nitrogens is 2. The fourth-order valence-corrected chi connectivity index (χ4v) is 1.28. The molecule has 0 bridgehead atoms. The normalized spacial score (nSPS) is 9.50. The van der Waals surface area contributed by atoms with Crippen molar-refractivity contribution in [2.75, 3.05) is 13.7 Å². The van der Waals surface area contributed by atoms with Crippen molar-refractivity contribution in [2.24, 2.45) is 0 Å². The predicted octanol–water partition coefficient (Wildman–Crippen LogP) is 1.51. The van der Waals surface area contributed by atoms with Crippen molar-refractivity contribution in [3.05, 3.63) is 29.1 Å². The molecule has 0 fully saturated rings. The second kappa shape index (κ2) is 5.18. The van der Waals surface area contributed by atoms with Gasteiger partial charge in [0.1, 0.15) is 6.33 Å². The van der Waals surface area contributed by atoms with Gasteiger partial charge in [0.05, 0.1) is 24.9 Å². The monoisotopic (exact) mass is 191 g/mol. The number of hydrogen-bond acceptors (Lipinski definition) is 3. The van der Waals surface area contributed by atoms with E-state index in [1.807, 2.05) is 6.92 Å². The van der Waals surface area contributed by atoms with Crippen molar-refractivity contribution in [1.29, 1.82) is 0 Å². The summed E-state index contributed by atoms with van der Waals surface area (Å²) >= 11 is 0. The van der Waals surface area contributed by atoms with E-state index < -0.39 is 0 Å². The molecular formula is C10H13N3O. The van der Waals surface area contributed by atoms with E-state index >= 15 is 0 Å². The Balaban J connectivity index is 2.97. The highest BCUT2D eigenvalue weighted by molar-refractivity contribution is 5.32. The first-order chi connectivity index (χ1) is 6.83. The van der Waals surface area contributed by atoms with Crippen molar-refractivity contribution in [3.8, 4) is 5.75 Å². The zero-order valence-corrected chi connectivity index (χ0v) is 8.45. The Morgan fingerprint density at radius 1 is 1.43 bits per heavy atom. The van der Waals surface area contributed by atoms with E-state index in [0.29, 0.717) is 13.0 Å². The van der Waals surface area contributed by atoms with Crippen LogP contribution < -0.4 is 4.74 Å². The van der Waals surface area contributed by atoms with Crippen LogP contribution in [0.5, 0.6) is 5.75 Å². The summed E-state index contributed by atoms with van der Waals surface area (Å²) in [6.07, 6.45) is 2.97. The first kappa shape index (κ1) is 10.5. The summed E-state index contributed by atoms with van der Waals surface area (Å²) in [5.74, 6) is 0.735. The average molecular weight is 191 g/mol. The highest BCUT2D eigenvalue weighted by Gasteiger charge is 2.10. The summed E-state index contributed by atoms with van der Waals surface area (Å²) in [4.78, 5) is 11.5. The zero-order valence-electron chi connectivity index (χ0n) is 8.45. The molecule has 0 N–H and O–H groups in total. The summed E-state index contributed by atoms with van der Waals surface area (Å²) in [5, 5.41) is 0. The molecule has 1 rings (SSSR count). The summed E-state index contributed by atoms with van der Waals surface area (Å²) < 4.78 is 5.24. The van der Waals surface area contributed by atoms with Crippen LogP contribution in [0.4, 0.5) is 0 Å². The van der Waals surface area contributed by atoms with Crippen LogP contribution in [-0.4, -0.2) is 23.6 Å². The average Bonchev–Trinajstić information content (AvgIpc) is 2.25. The van der Waals surface area contributed by atoms with Gasteiger partial charge in [0.25, 0.3) is 0 Å². The molecule has 0 atom stereocenters. The molecular weight excluding hydrogens is 178 g/mol. The Bertz CT molecular complexity index is 344. The Morgan fingerprint density at radius 3 is 2.71 bits per heavy atom. The predicted molar refractivity (Wildman–Crippen MR) is 53.1 cm³/mol. The summed E-state index contributed by atoms with van der Waals surface area (Å²) in [6, 6.07) is 0. The molecule has 74 valence electrons. The molecule has 0 aliphatic rings. The molecule has 4 heteroatoms. The minimum absolute atomic E-state index is 0.441. The highest BCUT2D eigenvalue weighted by Crippen LogP contribution is 2.20. The van der Waals surface area contributed by atoms with Crippen molar-refractivity contribution in [3.63, 3.8) is 0 Å². The SMILES string of the molecule is [C-]#[N+]CCc1ncnc(CC)c1OC. The quantitative estimate of drug-likeness (QED) is 0.677. The Labute approximate surface area is 83.8 Å². The van der Waals surface area contributed by atoms with Crippen LogP contribution in [0.2, 0.25) is 0 Å². The second-order valence-electron chi connectivity index (χ2n) is 2.79. The molecule has 1 aromatic heterocycles. The molecule has 0 aromatic carbocycles. The van der Waals surface area contributed by atoms with Gasteiger partial charge in [-0.2, -0.15) is 0 Å². The lowest BCUT2D eigenvalue weighted by Crippen LogP contribution is -2.03. The molecule has 1 heterocycles. The van der Waals surface area contributed by atoms with E-state index in [4.69, 9.17) is 11.3 Å². The molecule has 0 aliphatic heterocycles. The van der Waals surface area contributed by atoms with Gasteiger partial charge in [-0.3, -0.25) is 0 Å². The molecule has 0 radical (unpaired) electrons. The lowest BCUT2D eigenvalue weighted by atomic mass is 10.2. The lowest BCUT2D eigenvalue weighted by molar-refractivity contribution is 0.399. The maximum absolute atomic E-state index is 6.72. The first-order valence-corrected chi connectivity index (χ1v) is 4.53. The lowest BCUT2D eigenvalue weighted by Gasteiger charge is -2.08. The van der Waals surface area contributed by atoms with E-state index in [-0.39, 0.29) is 0 Å². The van der Waals surface area contributed by atoms with Crippen LogP contribution in [0, 0.1) is 6.57 Å². The van der Waals surface area contributed by atoms with Crippen LogP contribution in [-0.2, 0) is 12.8 Å². The number of nitrogens with zero attached hydrogens (tertiary/aromatic N) is 3. The van der Waals surface area contributed by atoms with E-state index in [0.717, 1.165) is 23.6 Å². The van der Waals surface area contributed by atoms with Crippen LogP contribution in [0.1, 0.15) is 18.3 Å². The molecule has 0 saturated heterocycles. The van der Waals surface area contributed by atoms with Crippen LogP contribution >= 0.6 is 0 Å². The van der Waals surface area contributed by atoms with Crippen LogP contribution in [0.3, 0.4) is 0 Å². The maximum Gasteiger partial charge on any atom is 0.220 e. The van der Waals surface area contributed by atoms with Crippen molar-refractivity contribution < 1.29 is 4.74 Å². The van der Waals surface area contributed by atoms with Crippen molar-refractivity contribution in [1.82, 2.24) is 9.97 Å². The van der Waals surface area contributed by atoms with Gasteiger partial charge in [0.15, 0.2) is 5.75 Å². The van der Waals surface area contributed by atoms with Crippen molar-refractivity contribution >= 4 is 0 Å². The third-order valence-electron chi connectivity index (χ3n) is 1.95. The van der Waals surface area contributed by atoms with Gasteiger partial charge in [-0.25, -0.2) is 16.5 Å². The summed E-state index contributed by atoms with van der Waals surface area (Å²) in [6.45, 7) is 9.18. The number of hydrogen-bond donors (Lipinski definition) is 0. The smallest absolute Gasteiger partial charge is 0.220 e. The van der Waals surface area contributed by atoms with Gasteiger partial charge in [-0.05, 0) is 6.42 Å². The second-order valence-corrected chi connectivity index (χ2v) is 2.79. The van der Waals surface area contributed by atoms with E-state index in [1.54, 1.807) is 7.11 Å². The number of rotatable bonds is 4. The Hall–Kier alpha value is -1.63. The summed E-state index contributed by atoms with van der Waals surface area (Å²) in [5.41, 5.74) is 1.73. The number of methoxy groups -OCH3 is 1. The van der Waals surface area contributed by atoms with E-state index in [9.17, 15) is 0 Å². The molecule has 4 nitrogen and oxygen atoms in total. The molecule has 0 amide bonds. The standard InChI is InChI=1S/C10H13N3O/c1-4-8-10(14-3)9(5-6-11-2)13-7-12-8/h7H,4-6H2,1,3H3. The fraction of sp³-hybridized carbons (Fsp3) is 0.500. The van der Waals surface area contributed by atoms with Gasteiger partial charge in [0, 0.05) is 0 Å². The zero-order chi connectivity index (χ0) is 10.4. The molecule has 1 aromatic rings. The number of aryl methyl sites for hydroxylation is 1. The molecule has 0 saturated carbocycles. The van der Waals surface area contributed by atoms with Gasteiger partial charge >= 0.3 is 0 Å². The van der Waals surface area contributed by atoms with Gasteiger partial charge in [-0.15, -0.1) is 0 Å². The minimum atomic E-state index is 0.441. The maximum atomic E-state index is 6.72. The number of ether oxygens (including phenoxy) is 1. The fourth-order valence-electron chi connectivity index (χ4n) is 1.28. The van der Waals surface area contributed by atoms with Gasteiger partial charge in [0.2, 0.25) is 6.54 Å². The highest BCUT2D eigenvalue weighted by atomic mass is 16.5. The van der Waals surface area contributed by atoms with E-state index in [1.165, 1.54) is 6.33 Å². The third-order valence-corrected chi connectivity index (χ3v) is 1.95. The topological polar surface area (TPSA) is 39.4 Å². The van der Waals surface area contributed by atoms with Crippen LogP contribution in [0.15, 0.2) is 6.33 Å². The Morgan fingerprint density at radius 2 is 2.14 bits per heavy atom. The van der Waals surface area contributed by atoms with Gasteiger partial charge < -0.3 is 9.58 Å². The Kier molecular flexibility index (Phi) is 3.86. The third kappa shape index (κ3) is 2.19. The molecule has 0 unspecified atom stereocenters. The van der Waals surface area contributed by atoms with Crippen molar-refractivity contribution in [2.45, 2.75) is 19.8 Å². The molecule has 0 spiro atoms. The molecule has 0 aliphatic carbocycles. The van der Waals surface area contributed by atoms with Gasteiger partial charge in [-0.1, -0.05) is 6.92 Å².